The molecule has 0 atom stereocenters. The first-order valence-electron chi connectivity index (χ1n) is 6.39. The number of halogens is 2. The number of fused-ring (bicyclic) bond motifs is 1. The van der Waals surface area contributed by atoms with E-state index in [9.17, 15) is 4.79 Å². The molecule has 2 nitrogen and oxygen atoms in total. The van der Waals surface area contributed by atoms with Gasteiger partial charge in [-0.3, -0.25) is 4.79 Å². The van der Waals surface area contributed by atoms with Crippen LogP contribution in [0.15, 0.2) is 54.7 Å². The SMILES string of the molecule is O=C(/C=C/c1ccc(Cl)c(Cl)c1)c1c[nH]c2ccccc12. The predicted octanol–water partition coefficient (Wildman–Crippen LogP) is 5.37. The van der Waals surface area contributed by atoms with E-state index < -0.39 is 0 Å². The Morgan fingerprint density at radius 3 is 2.67 bits per heavy atom. The van der Waals surface area contributed by atoms with E-state index in [1.165, 1.54) is 6.08 Å². The van der Waals surface area contributed by atoms with Gasteiger partial charge in [0.25, 0.3) is 0 Å². The summed E-state index contributed by atoms with van der Waals surface area (Å²) in [7, 11) is 0. The van der Waals surface area contributed by atoms with Crippen molar-refractivity contribution in [3.8, 4) is 0 Å². The van der Waals surface area contributed by atoms with Crippen LogP contribution in [0.25, 0.3) is 17.0 Å². The van der Waals surface area contributed by atoms with Crippen LogP contribution in [0.5, 0.6) is 0 Å². The number of hydrogen-bond acceptors (Lipinski definition) is 1. The van der Waals surface area contributed by atoms with Gasteiger partial charge >= 0.3 is 0 Å². The fraction of sp³-hybridized carbons (Fsp3) is 0. The second-order valence-electron chi connectivity index (χ2n) is 4.62. The molecule has 0 fully saturated rings. The number of allylic oxidation sites excluding steroid dienone is 1. The third kappa shape index (κ3) is 2.87. The van der Waals surface area contributed by atoms with Gasteiger partial charge in [-0.15, -0.1) is 0 Å². The predicted molar refractivity (Wildman–Crippen MR) is 88.1 cm³/mol. The Morgan fingerprint density at radius 1 is 1.05 bits per heavy atom. The quantitative estimate of drug-likeness (QED) is 0.511. The highest BCUT2D eigenvalue weighted by Gasteiger charge is 2.08. The van der Waals surface area contributed by atoms with Crippen LogP contribution in [0.2, 0.25) is 10.0 Å². The lowest BCUT2D eigenvalue weighted by molar-refractivity contribution is 0.104. The highest BCUT2D eigenvalue weighted by Crippen LogP contribution is 2.23. The zero-order valence-corrected chi connectivity index (χ0v) is 12.4. The van der Waals surface area contributed by atoms with Crippen LogP contribution in [0.1, 0.15) is 15.9 Å². The lowest BCUT2D eigenvalue weighted by Crippen LogP contribution is -1.92. The Balaban J connectivity index is 1.89. The van der Waals surface area contributed by atoms with Crippen LogP contribution in [-0.4, -0.2) is 10.8 Å². The molecule has 3 aromatic rings. The van der Waals surface area contributed by atoms with E-state index in [0.717, 1.165) is 16.5 Å². The van der Waals surface area contributed by atoms with Crippen molar-refractivity contribution in [2.45, 2.75) is 0 Å². The summed E-state index contributed by atoms with van der Waals surface area (Å²) >= 11 is 11.8. The maximum Gasteiger partial charge on any atom is 0.187 e. The fourth-order valence-corrected chi connectivity index (χ4v) is 2.46. The Bertz CT molecular complexity index is 849. The number of para-hydroxylation sites is 1. The molecular formula is C17H11Cl2NO. The monoisotopic (exact) mass is 315 g/mol. The minimum Gasteiger partial charge on any atom is -0.360 e. The molecule has 0 bridgehead atoms. The highest BCUT2D eigenvalue weighted by molar-refractivity contribution is 6.42. The van der Waals surface area contributed by atoms with E-state index in [0.29, 0.717) is 15.6 Å². The van der Waals surface area contributed by atoms with Gasteiger partial charge in [0.2, 0.25) is 0 Å². The molecule has 1 aromatic heterocycles. The maximum atomic E-state index is 12.3. The van der Waals surface area contributed by atoms with Crippen molar-refractivity contribution >= 4 is 46.0 Å². The molecule has 0 aliphatic heterocycles. The summed E-state index contributed by atoms with van der Waals surface area (Å²) in [4.78, 5) is 15.4. The van der Waals surface area contributed by atoms with Crippen molar-refractivity contribution in [2.24, 2.45) is 0 Å². The van der Waals surface area contributed by atoms with E-state index in [2.05, 4.69) is 4.98 Å². The molecular weight excluding hydrogens is 305 g/mol. The van der Waals surface area contributed by atoms with E-state index >= 15 is 0 Å². The van der Waals surface area contributed by atoms with Gasteiger partial charge in [-0.1, -0.05) is 53.5 Å². The number of aromatic amines is 1. The van der Waals surface area contributed by atoms with Crippen molar-refractivity contribution in [2.75, 3.05) is 0 Å². The molecule has 0 amide bonds. The standard InChI is InChI=1S/C17H11Cl2NO/c18-14-7-5-11(9-15(14)19)6-8-17(21)13-10-20-16-4-2-1-3-12(13)16/h1-10,20H/b8-6+. The van der Waals surface area contributed by atoms with Crippen molar-refractivity contribution < 1.29 is 4.79 Å². The third-order valence-electron chi connectivity index (χ3n) is 3.23. The number of ketones is 1. The number of aromatic nitrogens is 1. The highest BCUT2D eigenvalue weighted by atomic mass is 35.5. The topological polar surface area (TPSA) is 32.9 Å². The van der Waals surface area contributed by atoms with Crippen molar-refractivity contribution in [3.63, 3.8) is 0 Å². The number of hydrogen-bond donors (Lipinski definition) is 1. The summed E-state index contributed by atoms with van der Waals surface area (Å²) < 4.78 is 0. The molecule has 21 heavy (non-hydrogen) atoms. The van der Waals surface area contributed by atoms with E-state index in [4.69, 9.17) is 23.2 Å². The van der Waals surface area contributed by atoms with Gasteiger partial charge in [0, 0.05) is 22.7 Å². The Hall–Kier alpha value is -2.03. The molecule has 1 N–H and O–H groups in total. The Labute approximate surface area is 132 Å². The largest absolute Gasteiger partial charge is 0.360 e. The first-order valence-corrected chi connectivity index (χ1v) is 7.14. The van der Waals surface area contributed by atoms with Gasteiger partial charge in [0.15, 0.2) is 5.78 Å². The van der Waals surface area contributed by atoms with Gasteiger partial charge in [0.05, 0.1) is 10.0 Å². The number of H-pyrrole nitrogens is 1. The fourth-order valence-electron chi connectivity index (χ4n) is 2.15. The minimum atomic E-state index is -0.0569. The van der Waals surface area contributed by atoms with E-state index in [-0.39, 0.29) is 5.78 Å². The summed E-state index contributed by atoms with van der Waals surface area (Å²) in [5.74, 6) is -0.0569. The van der Waals surface area contributed by atoms with Crippen LogP contribution in [0.3, 0.4) is 0 Å². The van der Waals surface area contributed by atoms with Crippen molar-refractivity contribution in [1.29, 1.82) is 0 Å². The molecule has 0 radical (unpaired) electrons. The first kappa shape index (κ1) is 13.9. The molecule has 0 aliphatic carbocycles. The molecule has 4 heteroatoms. The van der Waals surface area contributed by atoms with Crippen LogP contribution in [-0.2, 0) is 0 Å². The molecule has 0 aliphatic rings. The van der Waals surface area contributed by atoms with Crippen LogP contribution in [0.4, 0.5) is 0 Å². The molecule has 104 valence electrons. The molecule has 0 spiro atoms. The average molecular weight is 316 g/mol. The Morgan fingerprint density at radius 2 is 1.86 bits per heavy atom. The van der Waals surface area contributed by atoms with Crippen LogP contribution >= 0.6 is 23.2 Å². The minimum absolute atomic E-state index is 0.0569. The molecule has 1 heterocycles. The number of carbonyl (C=O) groups excluding carboxylic acids is 1. The molecule has 2 aromatic carbocycles. The lowest BCUT2D eigenvalue weighted by atomic mass is 10.1. The number of carbonyl (C=O) groups is 1. The third-order valence-corrected chi connectivity index (χ3v) is 3.96. The molecule has 0 unspecified atom stereocenters. The average Bonchev–Trinajstić information content (AvgIpc) is 2.92. The van der Waals surface area contributed by atoms with Crippen LogP contribution < -0.4 is 0 Å². The zero-order chi connectivity index (χ0) is 14.8. The molecule has 0 saturated heterocycles. The zero-order valence-electron chi connectivity index (χ0n) is 10.9. The van der Waals surface area contributed by atoms with Gasteiger partial charge in [0.1, 0.15) is 0 Å². The first-order chi connectivity index (χ1) is 10.1. The number of nitrogens with one attached hydrogen (secondary N) is 1. The van der Waals surface area contributed by atoms with Crippen molar-refractivity contribution in [1.82, 2.24) is 4.98 Å². The molecule has 3 rings (SSSR count). The second-order valence-corrected chi connectivity index (χ2v) is 5.43. The number of benzene rings is 2. The van der Waals surface area contributed by atoms with Gasteiger partial charge in [-0.2, -0.15) is 0 Å². The maximum absolute atomic E-state index is 12.3. The van der Waals surface area contributed by atoms with Gasteiger partial charge < -0.3 is 4.98 Å². The second kappa shape index (κ2) is 5.76. The van der Waals surface area contributed by atoms with Crippen LogP contribution in [0, 0.1) is 0 Å². The number of rotatable bonds is 3. The van der Waals surface area contributed by atoms with E-state index in [1.807, 2.05) is 30.3 Å². The molecule has 0 saturated carbocycles. The van der Waals surface area contributed by atoms with Gasteiger partial charge in [-0.05, 0) is 29.8 Å². The summed E-state index contributed by atoms with van der Waals surface area (Å²) in [6, 6.07) is 12.9. The summed E-state index contributed by atoms with van der Waals surface area (Å²) in [5.41, 5.74) is 2.43. The van der Waals surface area contributed by atoms with Crippen molar-refractivity contribution in [3.05, 3.63) is 75.9 Å². The van der Waals surface area contributed by atoms with Gasteiger partial charge in [-0.25, -0.2) is 0 Å². The smallest absolute Gasteiger partial charge is 0.187 e. The summed E-state index contributed by atoms with van der Waals surface area (Å²) in [5, 5.41) is 1.89. The summed E-state index contributed by atoms with van der Waals surface area (Å²) in [6.45, 7) is 0. The normalized spacial score (nSPS) is 11.3. The van der Waals surface area contributed by atoms with E-state index in [1.54, 1.807) is 24.4 Å². The summed E-state index contributed by atoms with van der Waals surface area (Å²) in [6.07, 6.45) is 4.99. The lowest BCUT2D eigenvalue weighted by Gasteiger charge is -1.97. The Kier molecular flexibility index (Phi) is 3.82.